The van der Waals surface area contributed by atoms with E-state index in [0.717, 1.165) is 6.07 Å². The third-order valence-electron chi connectivity index (χ3n) is 2.23. The molecular formula is C11H10BrFN2O4. The lowest BCUT2D eigenvalue weighted by atomic mass is 10.2. The van der Waals surface area contributed by atoms with Gasteiger partial charge in [0.1, 0.15) is 18.0 Å². The van der Waals surface area contributed by atoms with E-state index in [0.29, 0.717) is 0 Å². The lowest BCUT2D eigenvalue weighted by molar-refractivity contribution is -0.384. The van der Waals surface area contributed by atoms with Gasteiger partial charge < -0.3 is 10.0 Å². The summed E-state index contributed by atoms with van der Waals surface area (Å²) in [5.41, 5.74) is -0.482. The number of carbonyl (C=O) groups is 1. The van der Waals surface area contributed by atoms with Crippen LogP contribution in [-0.4, -0.2) is 29.1 Å². The van der Waals surface area contributed by atoms with E-state index >= 15 is 0 Å². The number of nitrogens with zero attached hydrogens (tertiary/aromatic N) is 2. The molecule has 0 aliphatic rings. The molecule has 0 spiro atoms. The van der Waals surface area contributed by atoms with Gasteiger partial charge in [-0.05, 0) is 22.0 Å². The van der Waals surface area contributed by atoms with Crippen LogP contribution in [0.2, 0.25) is 0 Å². The van der Waals surface area contributed by atoms with Gasteiger partial charge in [-0.25, -0.2) is 4.39 Å². The van der Waals surface area contributed by atoms with Crippen LogP contribution >= 0.6 is 15.9 Å². The van der Waals surface area contributed by atoms with Gasteiger partial charge in [0.05, 0.1) is 15.5 Å². The van der Waals surface area contributed by atoms with Gasteiger partial charge in [0.25, 0.3) is 5.69 Å². The van der Waals surface area contributed by atoms with Crippen LogP contribution in [0.5, 0.6) is 0 Å². The van der Waals surface area contributed by atoms with E-state index < -0.39 is 28.9 Å². The van der Waals surface area contributed by atoms with E-state index in [2.05, 4.69) is 22.5 Å². The first-order valence-electron chi connectivity index (χ1n) is 5.08. The molecule has 1 N–H and O–H groups in total. The van der Waals surface area contributed by atoms with Gasteiger partial charge in [0.15, 0.2) is 0 Å². The number of nitro groups is 1. The van der Waals surface area contributed by atoms with Crippen molar-refractivity contribution >= 4 is 33.3 Å². The number of aliphatic carboxylic acids is 1. The summed E-state index contributed by atoms with van der Waals surface area (Å²) in [7, 11) is 0. The van der Waals surface area contributed by atoms with E-state index in [4.69, 9.17) is 5.11 Å². The van der Waals surface area contributed by atoms with Gasteiger partial charge in [0.2, 0.25) is 0 Å². The van der Waals surface area contributed by atoms with Crippen LogP contribution in [-0.2, 0) is 4.79 Å². The fourth-order valence-electron chi connectivity index (χ4n) is 1.49. The maximum Gasteiger partial charge on any atom is 0.323 e. The predicted octanol–water partition coefficient (Wildman–Crippen LogP) is 2.57. The molecule has 0 radical (unpaired) electrons. The van der Waals surface area contributed by atoms with Gasteiger partial charge in [0, 0.05) is 6.54 Å². The quantitative estimate of drug-likeness (QED) is 0.491. The maximum atomic E-state index is 13.3. The SMILES string of the molecule is C=CCN(CC(=O)O)c1cc(Br)c(F)cc1[N+](=O)[O-]. The number of nitro benzene ring substituents is 1. The van der Waals surface area contributed by atoms with Crippen molar-refractivity contribution in [3.63, 3.8) is 0 Å². The van der Waals surface area contributed by atoms with Crippen molar-refractivity contribution in [3.8, 4) is 0 Å². The molecule has 0 aromatic heterocycles. The van der Waals surface area contributed by atoms with Gasteiger partial charge in [-0.3, -0.25) is 14.9 Å². The molecule has 102 valence electrons. The van der Waals surface area contributed by atoms with Gasteiger partial charge in [-0.1, -0.05) is 6.08 Å². The Morgan fingerprint density at radius 3 is 2.74 bits per heavy atom. The highest BCUT2D eigenvalue weighted by Gasteiger charge is 2.23. The molecule has 0 atom stereocenters. The van der Waals surface area contributed by atoms with Crippen molar-refractivity contribution in [1.82, 2.24) is 0 Å². The Morgan fingerprint density at radius 2 is 2.26 bits per heavy atom. The standard InChI is InChI=1S/C11H10BrFN2O4/c1-2-3-14(6-11(16)17)9-4-7(12)8(13)5-10(9)15(18)19/h2,4-5H,1,3,6H2,(H,16,17). The van der Waals surface area contributed by atoms with Gasteiger partial charge >= 0.3 is 5.97 Å². The summed E-state index contributed by atoms with van der Waals surface area (Å²) in [5, 5.41) is 19.7. The van der Waals surface area contributed by atoms with Crippen molar-refractivity contribution in [2.24, 2.45) is 0 Å². The molecule has 0 amide bonds. The molecule has 1 aromatic carbocycles. The topological polar surface area (TPSA) is 83.7 Å². The number of hydrogen-bond acceptors (Lipinski definition) is 4. The number of halogens is 2. The minimum Gasteiger partial charge on any atom is -0.480 e. The summed E-state index contributed by atoms with van der Waals surface area (Å²) < 4.78 is 13.3. The summed E-state index contributed by atoms with van der Waals surface area (Å²) in [6.45, 7) is 3.09. The Morgan fingerprint density at radius 1 is 1.63 bits per heavy atom. The van der Waals surface area contributed by atoms with Crippen molar-refractivity contribution in [3.05, 3.63) is 45.2 Å². The summed E-state index contributed by atoms with van der Waals surface area (Å²) >= 11 is 2.92. The van der Waals surface area contributed by atoms with Crippen molar-refractivity contribution in [2.75, 3.05) is 18.0 Å². The predicted molar refractivity (Wildman–Crippen MR) is 70.8 cm³/mol. The lowest BCUT2D eigenvalue weighted by Gasteiger charge is -2.21. The second kappa shape index (κ2) is 6.28. The normalized spacial score (nSPS) is 10.0. The summed E-state index contributed by atoms with van der Waals surface area (Å²) in [6.07, 6.45) is 1.41. The summed E-state index contributed by atoms with van der Waals surface area (Å²) in [5.74, 6) is -1.94. The number of carboxylic acids is 1. The Balaban J connectivity index is 3.34. The van der Waals surface area contributed by atoms with Crippen LogP contribution in [0.4, 0.5) is 15.8 Å². The Kier molecular flexibility index (Phi) is 4.99. The molecule has 1 aromatic rings. The molecule has 0 aliphatic heterocycles. The van der Waals surface area contributed by atoms with Crippen molar-refractivity contribution < 1.29 is 19.2 Å². The van der Waals surface area contributed by atoms with Crippen LogP contribution < -0.4 is 4.90 Å². The average molecular weight is 333 g/mol. The second-order valence-corrected chi connectivity index (χ2v) is 4.43. The largest absolute Gasteiger partial charge is 0.480 e. The molecule has 0 aliphatic carbocycles. The molecule has 0 unspecified atom stereocenters. The van der Waals surface area contributed by atoms with E-state index in [1.807, 2.05) is 0 Å². The highest BCUT2D eigenvalue weighted by Crippen LogP contribution is 2.33. The third kappa shape index (κ3) is 3.75. The number of hydrogen-bond donors (Lipinski definition) is 1. The minimum absolute atomic E-state index is 0.0144. The number of benzene rings is 1. The van der Waals surface area contributed by atoms with Gasteiger partial charge in [-0.2, -0.15) is 0 Å². The molecule has 8 heteroatoms. The molecule has 0 saturated carbocycles. The fraction of sp³-hybridized carbons (Fsp3) is 0.182. The molecule has 0 fully saturated rings. The van der Waals surface area contributed by atoms with Crippen LogP contribution in [0, 0.1) is 15.9 Å². The molecule has 6 nitrogen and oxygen atoms in total. The summed E-state index contributed by atoms with van der Waals surface area (Å²) in [4.78, 5) is 22.1. The monoisotopic (exact) mass is 332 g/mol. The molecule has 1 rings (SSSR count). The number of rotatable bonds is 6. The van der Waals surface area contributed by atoms with Crippen LogP contribution in [0.1, 0.15) is 0 Å². The highest BCUT2D eigenvalue weighted by molar-refractivity contribution is 9.10. The molecule has 0 bridgehead atoms. The number of anilines is 1. The zero-order valence-corrected chi connectivity index (χ0v) is 11.3. The molecule has 19 heavy (non-hydrogen) atoms. The first kappa shape index (κ1) is 15.1. The Hall–Kier alpha value is -1.96. The second-order valence-electron chi connectivity index (χ2n) is 3.58. The van der Waals surface area contributed by atoms with Crippen LogP contribution in [0.3, 0.4) is 0 Å². The Bertz CT molecular complexity index is 536. The molecule has 0 saturated heterocycles. The Labute approximate surface area is 116 Å². The smallest absolute Gasteiger partial charge is 0.323 e. The summed E-state index contributed by atoms with van der Waals surface area (Å²) in [6, 6.07) is 1.93. The molecular weight excluding hydrogens is 323 g/mol. The van der Waals surface area contributed by atoms with E-state index in [9.17, 15) is 19.3 Å². The average Bonchev–Trinajstić information content (AvgIpc) is 2.30. The van der Waals surface area contributed by atoms with E-state index in [1.54, 1.807) is 0 Å². The van der Waals surface area contributed by atoms with Crippen LogP contribution in [0.15, 0.2) is 29.3 Å². The van der Waals surface area contributed by atoms with Crippen molar-refractivity contribution in [2.45, 2.75) is 0 Å². The first-order chi connectivity index (χ1) is 8.86. The zero-order chi connectivity index (χ0) is 14.6. The molecule has 0 heterocycles. The van der Waals surface area contributed by atoms with Crippen LogP contribution in [0.25, 0.3) is 0 Å². The van der Waals surface area contributed by atoms with E-state index in [1.165, 1.54) is 17.0 Å². The first-order valence-corrected chi connectivity index (χ1v) is 5.87. The minimum atomic E-state index is -1.16. The highest BCUT2D eigenvalue weighted by atomic mass is 79.9. The zero-order valence-electron chi connectivity index (χ0n) is 9.68. The van der Waals surface area contributed by atoms with Crippen molar-refractivity contribution in [1.29, 1.82) is 0 Å². The fourth-order valence-corrected chi connectivity index (χ4v) is 1.82. The van der Waals surface area contributed by atoms with Gasteiger partial charge in [-0.15, -0.1) is 6.58 Å². The number of carboxylic acid groups (broad SMARTS) is 1. The maximum absolute atomic E-state index is 13.3. The third-order valence-corrected chi connectivity index (χ3v) is 2.84. The lowest BCUT2D eigenvalue weighted by Crippen LogP contribution is -2.30. The van der Waals surface area contributed by atoms with E-state index in [-0.39, 0.29) is 16.7 Å².